The van der Waals surface area contributed by atoms with Crippen LogP contribution in [-0.2, 0) is 0 Å². The van der Waals surface area contributed by atoms with Gasteiger partial charge in [-0.15, -0.1) is 0 Å². The van der Waals surface area contributed by atoms with Gasteiger partial charge < -0.3 is 10.2 Å². The maximum absolute atomic E-state index is 6.25. The van der Waals surface area contributed by atoms with E-state index in [1.165, 1.54) is 18.5 Å². The van der Waals surface area contributed by atoms with Gasteiger partial charge in [0.15, 0.2) is 0 Å². The van der Waals surface area contributed by atoms with Crippen LogP contribution in [0.5, 0.6) is 0 Å². The maximum Gasteiger partial charge on any atom is 0.0526 e. The highest BCUT2D eigenvalue weighted by Crippen LogP contribution is 2.37. The van der Waals surface area contributed by atoms with Crippen LogP contribution >= 0.6 is 27.5 Å². The van der Waals surface area contributed by atoms with Crippen LogP contribution in [0.15, 0.2) is 16.6 Å². The number of hydrogen-bond donors (Lipinski definition) is 1. The second-order valence-corrected chi connectivity index (χ2v) is 6.66. The predicted molar refractivity (Wildman–Crippen MR) is 80.6 cm³/mol. The van der Waals surface area contributed by atoms with Gasteiger partial charge in [-0.2, -0.15) is 0 Å². The first-order valence-corrected chi connectivity index (χ1v) is 7.76. The first kappa shape index (κ1) is 12.8. The van der Waals surface area contributed by atoms with Gasteiger partial charge in [-0.25, -0.2) is 0 Å². The molecule has 1 aromatic carbocycles. The molecular weight excluding hydrogens is 312 g/mol. The standard InChI is InChI=1S/C14H18BrClN2/c1-9-6-11(15)14(7-12(9)16)18-5-4-17-13(8-18)10-2-3-10/h6-7,10,13,17H,2-5,8H2,1H3. The van der Waals surface area contributed by atoms with Crippen molar-refractivity contribution in [2.45, 2.75) is 25.8 Å². The first-order chi connectivity index (χ1) is 8.65. The fourth-order valence-electron chi connectivity index (χ4n) is 2.69. The molecule has 0 radical (unpaired) electrons. The van der Waals surface area contributed by atoms with E-state index in [2.05, 4.69) is 38.3 Å². The van der Waals surface area contributed by atoms with Gasteiger partial charge in [0.25, 0.3) is 0 Å². The van der Waals surface area contributed by atoms with E-state index >= 15 is 0 Å². The Bertz CT molecular complexity index is 459. The van der Waals surface area contributed by atoms with Crippen molar-refractivity contribution in [2.75, 3.05) is 24.5 Å². The van der Waals surface area contributed by atoms with Crippen LogP contribution in [0.3, 0.4) is 0 Å². The lowest BCUT2D eigenvalue weighted by Crippen LogP contribution is -2.51. The zero-order chi connectivity index (χ0) is 12.7. The van der Waals surface area contributed by atoms with Crippen molar-refractivity contribution in [1.82, 2.24) is 5.32 Å². The lowest BCUT2D eigenvalue weighted by molar-refractivity contribution is 0.418. The minimum atomic E-state index is 0.658. The maximum atomic E-state index is 6.25. The van der Waals surface area contributed by atoms with E-state index in [0.29, 0.717) is 6.04 Å². The predicted octanol–water partition coefficient (Wildman–Crippen LogP) is 3.60. The van der Waals surface area contributed by atoms with Crippen LogP contribution in [0.25, 0.3) is 0 Å². The van der Waals surface area contributed by atoms with E-state index in [1.54, 1.807) is 0 Å². The highest BCUT2D eigenvalue weighted by atomic mass is 79.9. The summed E-state index contributed by atoms with van der Waals surface area (Å²) in [4.78, 5) is 2.45. The molecule has 18 heavy (non-hydrogen) atoms. The molecule has 98 valence electrons. The lowest BCUT2D eigenvalue weighted by Gasteiger charge is -2.36. The number of aryl methyl sites for hydroxylation is 1. The smallest absolute Gasteiger partial charge is 0.0526 e. The van der Waals surface area contributed by atoms with Gasteiger partial charge in [0, 0.05) is 35.2 Å². The Morgan fingerprint density at radius 1 is 1.39 bits per heavy atom. The van der Waals surface area contributed by atoms with Crippen LogP contribution in [0, 0.1) is 12.8 Å². The summed E-state index contributed by atoms with van der Waals surface area (Å²) in [5, 5.41) is 4.49. The topological polar surface area (TPSA) is 15.3 Å². The van der Waals surface area contributed by atoms with Gasteiger partial charge in [0.2, 0.25) is 0 Å². The van der Waals surface area contributed by atoms with Gasteiger partial charge in [-0.05, 0) is 59.3 Å². The number of nitrogens with one attached hydrogen (secondary N) is 1. The van der Waals surface area contributed by atoms with Crippen LogP contribution in [0.1, 0.15) is 18.4 Å². The number of benzene rings is 1. The fourth-order valence-corrected chi connectivity index (χ4v) is 3.56. The van der Waals surface area contributed by atoms with Crippen LogP contribution in [-0.4, -0.2) is 25.7 Å². The summed E-state index contributed by atoms with van der Waals surface area (Å²) < 4.78 is 1.15. The Balaban J connectivity index is 1.82. The number of hydrogen-bond acceptors (Lipinski definition) is 2. The largest absolute Gasteiger partial charge is 0.368 e. The number of piperazine rings is 1. The zero-order valence-electron chi connectivity index (χ0n) is 10.5. The van der Waals surface area contributed by atoms with Crippen molar-refractivity contribution < 1.29 is 0 Å². The summed E-state index contributed by atoms with van der Waals surface area (Å²) in [5.74, 6) is 0.896. The first-order valence-electron chi connectivity index (χ1n) is 6.59. The van der Waals surface area contributed by atoms with E-state index < -0.39 is 0 Å². The molecule has 1 N–H and O–H groups in total. The Morgan fingerprint density at radius 3 is 2.89 bits per heavy atom. The summed E-state index contributed by atoms with van der Waals surface area (Å²) in [7, 11) is 0. The van der Waals surface area contributed by atoms with E-state index in [9.17, 15) is 0 Å². The molecule has 1 atom stereocenters. The third-order valence-corrected chi connectivity index (χ3v) is 5.01. The highest BCUT2D eigenvalue weighted by Gasteiger charge is 2.34. The Morgan fingerprint density at radius 2 is 2.17 bits per heavy atom. The van der Waals surface area contributed by atoms with Gasteiger partial charge in [-0.3, -0.25) is 0 Å². The normalized spacial score (nSPS) is 24.4. The third kappa shape index (κ3) is 2.54. The third-order valence-electron chi connectivity index (χ3n) is 3.97. The lowest BCUT2D eigenvalue weighted by atomic mass is 10.1. The number of halogens is 2. The van der Waals surface area contributed by atoms with Crippen molar-refractivity contribution in [3.63, 3.8) is 0 Å². The van der Waals surface area contributed by atoms with E-state index in [1.807, 2.05) is 6.92 Å². The molecule has 1 aromatic rings. The molecule has 2 fully saturated rings. The van der Waals surface area contributed by atoms with E-state index in [-0.39, 0.29) is 0 Å². The number of nitrogens with zero attached hydrogens (tertiary/aromatic N) is 1. The van der Waals surface area contributed by atoms with Crippen molar-refractivity contribution >= 4 is 33.2 Å². The average molecular weight is 330 g/mol. The van der Waals surface area contributed by atoms with Crippen molar-refractivity contribution in [3.05, 3.63) is 27.2 Å². The molecule has 1 aliphatic heterocycles. The van der Waals surface area contributed by atoms with Gasteiger partial charge >= 0.3 is 0 Å². The van der Waals surface area contributed by atoms with Gasteiger partial charge in [0.1, 0.15) is 0 Å². The summed E-state index contributed by atoms with van der Waals surface area (Å²) in [5.41, 5.74) is 2.36. The average Bonchev–Trinajstić information content (AvgIpc) is 3.18. The molecule has 1 unspecified atom stereocenters. The molecule has 0 amide bonds. The molecule has 0 aromatic heterocycles. The van der Waals surface area contributed by atoms with Crippen LogP contribution in [0.4, 0.5) is 5.69 Å². The molecule has 0 bridgehead atoms. The molecule has 1 saturated carbocycles. The summed E-state index contributed by atoms with van der Waals surface area (Å²) in [6, 6.07) is 4.87. The van der Waals surface area contributed by atoms with Crippen molar-refractivity contribution in [3.8, 4) is 0 Å². The second-order valence-electron chi connectivity index (χ2n) is 5.40. The zero-order valence-corrected chi connectivity index (χ0v) is 12.9. The summed E-state index contributed by atoms with van der Waals surface area (Å²) in [6.07, 6.45) is 2.78. The fraction of sp³-hybridized carbons (Fsp3) is 0.571. The minimum Gasteiger partial charge on any atom is -0.368 e. The van der Waals surface area contributed by atoms with Crippen molar-refractivity contribution in [1.29, 1.82) is 0 Å². The molecule has 1 heterocycles. The van der Waals surface area contributed by atoms with Crippen LogP contribution < -0.4 is 10.2 Å². The molecule has 4 heteroatoms. The molecule has 1 saturated heterocycles. The molecular formula is C14H18BrClN2. The Labute approximate surface area is 122 Å². The van der Waals surface area contributed by atoms with E-state index in [0.717, 1.165) is 40.6 Å². The second kappa shape index (κ2) is 5.03. The number of rotatable bonds is 2. The quantitative estimate of drug-likeness (QED) is 0.892. The van der Waals surface area contributed by atoms with Gasteiger partial charge in [-0.1, -0.05) is 11.6 Å². The highest BCUT2D eigenvalue weighted by molar-refractivity contribution is 9.10. The summed E-state index contributed by atoms with van der Waals surface area (Å²) >= 11 is 9.92. The SMILES string of the molecule is Cc1cc(Br)c(N2CCNC(C3CC3)C2)cc1Cl. The minimum absolute atomic E-state index is 0.658. The van der Waals surface area contributed by atoms with Crippen LogP contribution in [0.2, 0.25) is 5.02 Å². The van der Waals surface area contributed by atoms with Gasteiger partial charge in [0.05, 0.1) is 5.69 Å². The monoisotopic (exact) mass is 328 g/mol. The Hall–Kier alpha value is -0.250. The Kier molecular flexibility index (Phi) is 3.57. The molecule has 1 aliphatic carbocycles. The molecule has 3 rings (SSSR count). The molecule has 2 nitrogen and oxygen atoms in total. The molecule has 0 spiro atoms. The number of anilines is 1. The van der Waals surface area contributed by atoms with E-state index in [4.69, 9.17) is 11.6 Å². The summed E-state index contributed by atoms with van der Waals surface area (Å²) in [6.45, 7) is 5.27. The molecule has 2 aliphatic rings. The van der Waals surface area contributed by atoms with Crippen molar-refractivity contribution in [2.24, 2.45) is 5.92 Å².